The SMILES string of the molecule is CCCON(C)CCCOCC. The fraction of sp³-hybridized carbons (Fsp3) is 1.00. The second-order valence-electron chi connectivity index (χ2n) is 2.74. The number of rotatable bonds is 8. The molecule has 3 heteroatoms. The van der Waals surface area contributed by atoms with Crippen molar-refractivity contribution in [3.63, 3.8) is 0 Å². The molecule has 0 bridgehead atoms. The highest BCUT2D eigenvalue weighted by Crippen LogP contribution is 1.91. The summed E-state index contributed by atoms with van der Waals surface area (Å²) in [6, 6.07) is 0. The lowest BCUT2D eigenvalue weighted by Crippen LogP contribution is -2.21. The van der Waals surface area contributed by atoms with E-state index in [1.165, 1.54) is 0 Å². The topological polar surface area (TPSA) is 21.7 Å². The van der Waals surface area contributed by atoms with E-state index in [1.807, 2.05) is 19.0 Å². The summed E-state index contributed by atoms with van der Waals surface area (Å²) >= 11 is 0. The normalized spacial score (nSPS) is 11.0. The van der Waals surface area contributed by atoms with Gasteiger partial charge in [0.05, 0.1) is 6.61 Å². The second-order valence-corrected chi connectivity index (χ2v) is 2.74. The molecule has 0 spiro atoms. The van der Waals surface area contributed by atoms with Crippen molar-refractivity contribution in [3.05, 3.63) is 0 Å². The highest BCUT2D eigenvalue weighted by atomic mass is 16.7. The fourth-order valence-electron chi connectivity index (χ4n) is 0.845. The molecule has 0 fully saturated rings. The lowest BCUT2D eigenvalue weighted by atomic mass is 10.4. The van der Waals surface area contributed by atoms with Crippen LogP contribution in [-0.4, -0.2) is 38.5 Å². The molecule has 0 saturated carbocycles. The summed E-state index contributed by atoms with van der Waals surface area (Å²) in [5.74, 6) is 0. The van der Waals surface area contributed by atoms with E-state index in [4.69, 9.17) is 9.57 Å². The fourth-order valence-corrected chi connectivity index (χ4v) is 0.845. The van der Waals surface area contributed by atoms with E-state index in [-0.39, 0.29) is 0 Å². The van der Waals surface area contributed by atoms with Gasteiger partial charge >= 0.3 is 0 Å². The van der Waals surface area contributed by atoms with Crippen molar-refractivity contribution in [2.24, 2.45) is 0 Å². The summed E-state index contributed by atoms with van der Waals surface area (Å²) in [7, 11) is 1.96. The zero-order valence-corrected chi connectivity index (χ0v) is 8.51. The van der Waals surface area contributed by atoms with Crippen LogP contribution in [0.4, 0.5) is 0 Å². The van der Waals surface area contributed by atoms with Gasteiger partial charge in [0.15, 0.2) is 0 Å². The highest BCUT2D eigenvalue weighted by Gasteiger charge is 1.96. The molecule has 0 heterocycles. The predicted molar refractivity (Wildman–Crippen MR) is 50.0 cm³/mol. The predicted octanol–water partition coefficient (Wildman–Crippen LogP) is 1.69. The molecule has 0 radical (unpaired) electrons. The zero-order chi connectivity index (χ0) is 9.23. The van der Waals surface area contributed by atoms with Gasteiger partial charge in [0.25, 0.3) is 0 Å². The number of hydrogen-bond donors (Lipinski definition) is 0. The van der Waals surface area contributed by atoms with Gasteiger partial charge < -0.3 is 4.74 Å². The Kier molecular flexibility index (Phi) is 8.88. The number of nitrogens with zero attached hydrogens (tertiary/aromatic N) is 1. The Balaban J connectivity index is 3.02. The molecule has 0 N–H and O–H groups in total. The number of hydroxylamine groups is 2. The van der Waals surface area contributed by atoms with E-state index in [1.54, 1.807) is 0 Å². The van der Waals surface area contributed by atoms with Crippen molar-refractivity contribution < 1.29 is 9.57 Å². The first-order valence-corrected chi connectivity index (χ1v) is 4.73. The van der Waals surface area contributed by atoms with Gasteiger partial charge in [-0.25, -0.2) is 0 Å². The lowest BCUT2D eigenvalue weighted by molar-refractivity contribution is -0.141. The molecule has 0 atom stereocenters. The van der Waals surface area contributed by atoms with Crippen molar-refractivity contribution in [1.29, 1.82) is 0 Å². The first-order valence-electron chi connectivity index (χ1n) is 4.73. The third kappa shape index (κ3) is 7.98. The third-order valence-corrected chi connectivity index (χ3v) is 1.48. The van der Waals surface area contributed by atoms with Crippen LogP contribution in [0.3, 0.4) is 0 Å². The van der Waals surface area contributed by atoms with Crippen LogP contribution < -0.4 is 0 Å². The van der Waals surface area contributed by atoms with E-state index < -0.39 is 0 Å². The number of ether oxygens (including phenoxy) is 1. The van der Waals surface area contributed by atoms with Gasteiger partial charge in [-0.1, -0.05) is 6.92 Å². The van der Waals surface area contributed by atoms with Crippen LogP contribution in [0.2, 0.25) is 0 Å². The minimum atomic E-state index is 0.805. The smallest absolute Gasteiger partial charge is 0.0682 e. The molecule has 0 aromatic rings. The van der Waals surface area contributed by atoms with E-state index in [2.05, 4.69) is 6.92 Å². The van der Waals surface area contributed by atoms with E-state index in [0.29, 0.717) is 0 Å². The Morgan fingerprint density at radius 3 is 2.50 bits per heavy atom. The maximum Gasteiger partial charge on any atom is 0.0682 e. The van der Waals surface area contributed by atoms with E-state index >= 15 is 0 Å². The first kappa shape index (κ1) is 11.9. The van der Waals surface area contributed by atoms with Crippen LogP contribution in [0.15, 0.2) is 0 Å². The van der Waals surface area contributed by atoms with Crippen LogP contribution >= 0.6 is 0 Å². The number of hydrogen-bond acceptors (Lipinski definition) is 3. The minimum Gasteiger partial charge on any atom is -0.382 e. The second kappa shape index (κ2) is 8.97. The van der Waals surface area contributed by atoms with Crippen LogP contribution in [-0.2, 0) is 9.57 Å². The van der Waals surface area contributed by atoms with Gasteiger partial charge in [-0.2, -0.15) is 5.06 Å². The molecule has 0 saturated heterocycles. The largest absolute Gasteiger partial charge is 0.382 e. The van der Waals surface area contributed by atoms with Crippen LogP contribution in [0, 0.1) is 0 Å². The average Bonchev–Trinajstić information content (AvgIpc) is 2.09. The average molecular weight is 175 g/mol. The van der Waals surface area contributed by atoms with Gasteiger partial charge in [0, 0.05) is 26.8 Å². The van der Waals surface area contributed by atoms with Crippen LogP contribution in [0.1, 0.15) is 26.7 Å². The molecule has 12 heavy (non-hydrogen) atoms. The van der Waals surface area contributed by atoms with Gasteiger partial charge in [0.1, 0.15) is 0 Å². The summed E-state index contributed by atoms with van der Waals surface area (Å²) in [4.78, 5) is 5.35. The maximum absolute atomic E-state index is 5.35. The summed E-state index contributed by atoms with van der Waals surface area (Å²) in [5, 5.41) is 1.88. The quantitative estimate of drug-likeness (QED) is 0.414. The first-order chi connectivity index (χ1) is 5.81. The molecule has 0 unspecified atom stereocenters. The van der Waals surface area contributed by atoms with Crippen molar-refractivity contribution in [1.82, 2.24) is 5.06 Å². The Morgan fingerprint density at radius 1 is 1.17 bits per heavy atom. The molecule has 0 aromatic carbocycles. The molecule has 0 aliphatic carbocycles. The summed E-state index contributed by atoms with van der Waals surface area (Å²) in [5.41, 5.74) is 0. The van der Waals surface area contributed by atoms with Gasteiger partial charge in [-0.15, -0.1) is 0 Å². The molecule has 0 rings (SSSR count). The molecule has 3 nitrogen and oxygen atoms in total. The Labute approximate surface area is 75.6 Å². The lowest BCUT2D eigenvalue weighted by Gasteiger charge is -2.15. The molecule has 0 aliphatic rings. The van der Waals surface area contributed by atoms with Gasteiger partial charge in [0.2, 0.25) is 0 Å². The standard InChI is InChI=1S/C9H21NO2/c1-4-8-12-10(3)7-6-9-11-5-2/h4-9H2,1-3H3. The van der Waals surface area contributed by atoms with Gasteiger partial charge in [-0.05, 0) is 19.8 Å². The molecule has 74 valence electrons. The van der Waals surface area contributed by atoms with Crippen molar-refractivity contribution in [2.45, 2.75) is 26.7 Å². The Morgan fingerprint density at radius 2 is 1.92 bits per heavy atom. The summed E-state index contributed by atoms with van der Waals surface area (Å²) in [6.45, 7) is 7.51. The molecule has 0 aromatic heterocycles. The molecular weight excluding hydrogens is 154 g/mol. The van der Waals surface area contributed by atoms with Crippen molar-refractivity contribution >= 4 is 0 Å². The van der Waals surface area contributed by atoms with Crippen molar-refractivity contribution in [3.8, 4) is 0 Å². The van der Waals surface area contributed by atoms with Crippen molar-refractivity contribution in [2.75, 3.05) is 33.4 Å². The molecule has 0 aliphatic heterocycles. The van der Waals surface area contributed by atoms with Crippen LogP contribution in [0.25, 0.3) is 0 Å². The van der Waals surface area contributed by atoms with E-state index in [9.17, 15) is 0 Å². The van der Waals surface area contributed by atoms with Crippen LogP contribution in [0.5, 0.6) is 0 Å². The van der Waals surface area contributed by atoms with Gasteiger partial charge in [-0.3, -0.25) is 4.84 Å². The molecular formula is C9H21NO2. The maximum atomic E-state index is 5.35. The Bertz CT molecular complexity index is 88.6. The van der Waals surface area contributed by atoms with E-state index in [0.717, 1.165) is 39.2 Å². The Hall–Kier alpha value is -0.120. The summed E-state index contributed by atoms with van der Waals surface area (Å²) in [6.07, 6.45) is 2.10. The molecule has 0 amide bonds. The third-order valence-electron chi connectivity index (χ3n) is 1.48. The summed E-state index contributed by atoms with van der Waals surface area (Å²) < 4.78 is 5.21. The monoisotopic (exact) mass is 175 g/mol. The zero-order valence-electron chi connectivity index (χ0n) is 8.51. The minimum absolute atomic E-state index is 0.805. The highest BCUT2D eigenvalue weighted by molar-refractivity contribution is 4.39.